The number of nitrogens with one attached hydrogen (secondary N) is 1. The maximum absolute atomic E-state index is 11.8. The molecule has 2 aromatic rings. The number of carbonyl (C=O) groups is 1. The summed E-state index contributed by atoms with van der Waals surface area (Å²) in [5.74, 6) is 0.546. The van der Waals surface area contributed by atoms with Crippen molar-refractivity contribution >= 4 is 11.6 Å². The van der Waals surface area contributed by atoms with E-state index >= 15 is 0 Å². The van der Waals surface area contributed by atoms with Gasteiger partial charge < -0.3 is 15.8 Å². The van der Waals surface area contributed by atoms with E-state index in [-0.39, 0.29) is 12.5 Å². The van der Waals surface area contributed by atoms with E-state index in [4.69, 9.17) is 10.5 Å². The van der Waals surface area contributed by atoms with Crippen molar-refractivity contribution < 1.29 is 9.53 Å². The van der Waals surface area contributed by atoms with Crippen LogP contribution < -0.4 is 15.8 Å². The number of ether oxygens (including phenoxy) is 1. The molecular weight excluding hydrogens is 264 g/mol. The van der Waals surface area contributed by atoms with Gasteiger partial charge in [0.1, 0.15) is 5.75 Å². The van der Waals surface area contributed by atoms with E-state index in [2.05, 4.69) is 5.32 Å². The lowest BCUT2D eigenvalue weighted by molar-refractivity contribution is -0.123. The molecule has 0 radical (unpaired) electrons. The van der Waals surface area contributed by atoms with Crippen LogP contribution in [-0.2, 0) is 11.3 Å². The second-order valence-electron chi connectivity index (χ2n) is 5.03. The van der Waals surface area contributed by atoms with Crippen LogP contribution in [-0.4, -0.2) is 12.5 Å². The van der Waals surface area contributed by atoms with Crippen LogP contribution >= 0.6 is 0 Å². The highest BCUT2D eigenvalue weighted by molar-refractivity contribution is 5.77. The van der Waals surface area contributed by atoms with Gasteiger partial charge >= 0.3 is 0 Å². The Bertz CT molecular complexity index is 624. The molecule has 0 aromatic heterocycles. The molecule has 0 fully saturated rings. The quantitative estimate of drug-likeness (QED) is 0.829. The number of rotatable bonds is 5. The first-order valence-electron chi connectivity index (χ1n) is 6.86. The van der Waals surface area contributed by atoms with Gasteiger partial charge in [-0.25, -0.2) is 0 Å². The van der Waals surface area contributed by atoms with Gasteiger partial charge in [-0.1, -0.05) is 30.3 Å². The van der Waals surface area contributed by atoms with Gasteiger partial charge in [0.25, 0.3) is 5.91 Å². The fourth-order valence-electron chi connectivity index (χ4n) is 1.96. The maximum atomic E-state index is 11.8. The monoisotopic (exact) mass is 284 g/mol. The number of hydrogen-bond acceptors (Lipinski definition) is 3. The smallest absolute Gasteiger partial charge is 0.258 e. The van der Waals surface area contributed by atoms with Crippen LogP contribution in [0.1, 0.15) is 16.7 Å². The van der Waals surface area contributed by atoms with Crippen molar-refractivity contribution in [3.8, 4) is 5.75 Å². The number of benzene rings is 2. The van der Waals surface area contributed by atoms with Gasteiger partial charge in [-0.15, -0.1) is 0 Å². The second-order valence-corrected chi connectivity index (χ2v) is 5.03. The summed E-state index contributed by atoms with van der Waals surface area (Å²) in [4.78, 5) is 11.8. The fraction of sp³-hybridized carbons (Fsp3) is 0.235. The lowest BCUT2D eigenvalue weighted by Gasteiger charge is -2.11. The molecule has 0 saturated carbocycles. The minimum atomic E-state index is -0.146. The molecule has 0 spiro atoms. The Labute approximate surface area is 124 Å². The van der Waals surface area contributed by atoms with Crippen molar-refractivity contribution in [2.75, 3.05) is 12.3 Å². The SMILES string of the molecule is Cc1cc(OCC(=O)NCc2ccccc2)c(C)cc1N. The zero-order chi connectivity index (χ0) is 15.2. The van der Waals surface area contributed by atoms with E-state index < -0.39 is 0 Å². The molecule has 0 atom stereocenters. The molecule has 0 unspecified atom stereocenters. The van der Waals surface area contributed by atoms with Gasteiger partial charge in [0.2, 0.25) is 0 Å². The predicted octanol–water partition coefficient (Wildman–Crippen LogP) is 2.58. The van der Waals surface area contributed by atoms with Crippen molar-refractivity contribution in [2.45, 2.75) is 20.4 Å². The van der Waals surface area contributed by atoms with E-state index in [9.17, 15) is 4.79 Å². The molecule has 4 nitrogen and oxygen atoms in total. The Balaban J connectivity index is 1.85. The Hall–Kier alpha value is -2.49. The van der Waals surface area contributed by atoms with E-state index in [0.29, 0.717) is 12.3 Å². The molecule has 110 valence electrons. The van der Waals surface area contributed by atoms with Crippen LogP contribution in [0.5, 0.6) is 5.75 Å². The molecule has 0 heterocycles. The van der Waals surface area contributed by atoms with Crippen molar-refractivity contribution in [3.05, 3.63) is 59.2 Å². The largest absolute Gasteiger partial charge is 0.483 e. The van der Waals surface area contributed by atoms with Crippen LogP contribution in [0.25, 0.3) is 0 Å². The molecule has 2 rings (SSSR count). The first kappa shape index (κ1) is 14.9. The third-order valence-corrected chi connectivity index (χ3v) is 3.25. The van der Waals surface area contributed by atoms with Gasteiger partial charge in [-0.3, -0.25) is 4.79 Å². The molecule has 3 N–H and O–H groups in total. The molecule has 4 heteroatoms. The molecule has 0 bridgehead atoms. The highest BCUT2D eigenvalue weighted by atomic mass is 16.5. The molecule has 2 aromatic carbocycles. The summed E-state index contributed by atoms with van der Waals surface area (Å²) < 4.78 is 5.56. The van der Waals surface area contributed by atoms with Crippen molar-refractivity contribution in [1.29, 1.82) is 0 Å². The van der Waals surface area contributed by atoms with E-state index in [0.717, 1.165) is 22.4 Å². The van der Waals surface area contributed by atoms with E-state index in [1.807, 2.05) is 56.3 Å². The van der Waals surface area contributed by atoms with Gasteiger partial charge in [-0.2, -0.15) is 0 Å². The third-order valence-electron chi connectivity index (χ3n) is 3.25. The van der Waals surface area contributed by atoms with Crippen LogP contribution in [0.4, 0.5) is 5.69 Å². The van der Waals surface area contributed by atoms with E-state index in [1.165, 1.54) is 0 Å². The molecule has 1 amide bonds. The summed E-state index contributed by atoms with van der Waals surface area (Å²) in [7, 11) is 0. The van der Waals surface area contributed by atoms with Crippen molar-refractivity contribution in [1.82, 2.24) is 5.32 Å². The Morgan fingerprint density at radius 2 is 1.86 bits per heavy atom. The predicted molar refractivity (Wildman–Crippen MR) is 84.1 cm³/mol. The van der Waals surface area contributed by atoms with Crippen LogP contribution in [0.2, 0.25) is 0 Å². The average Bonchev–Trinajstić information content (AvgIpc) is 2.48. The molecule has 0 aliphatic carbocycles. The molecule has 0 saturated heterocycles. The van der Waals surface area contributed by atoms with Gasteiger partial charge in [0.05, 0.1) is 0 Å². The first-order valence-corrected chi connectivity index (χ1v) is 6.86. The first-order chi connectivity index (χ1) is 10.1. The number of carbonyl (C=O) groups excluding carboxylic acids is 1. The molecule has 21 heavy (non-hydrogen) atoms. The summed E-state index contributed by atoms with van der Waals surface area (Å²) in [5, 5.41) is 2.83. The normalized spacial score (nSPS) is 10.2. The number of hydrogen-bond donors (Lipinski definition) is 2. The Morgan fingerprint density at radius 1 is 1.14 bits per heavy atom. The zero-order valence-corrected chi connectivity index (χ0v) is 12.3. The van der Waals surface area contributed by atoms with Crippen LogP contribution in [0, 0.1) is 13.8 Å². The lowest BCUT2D eigenvalue weighted by atomic mass is 10.1. The van der Waals surface area contributed by atoms with Crippen molar-refractivity contribution in [3.63, 3.8) is 0 Å². The lowest BCUT2D eigenvalue weighted by Crippen LogP contribution is -2.28. The number of anilines is 1. The average molecular weight is 284 g/mol. The molecule has 0 aliphatic heterocycles. The van der Waals surface area contributed by atoms with Crippen LogP contribution in [0.3, 0.4) is 0 Å². The van der Waals surface area contributed by atoms with Crippen LogP contribution in [0.15, 0.2) is 42.5 Å². The topological polar surface area (TPSA) is 64.3 Å². The standard InChI is InChI=1S/C17H20N2O2/c1-12-9-16(13(2)8-15(12)18)21-11-17(20)19-10-14-6-4-3-5-7-14/h3-9H,10-11,18H2,1-2H3,(H,19,20). The minimum Gasteiger partial charge on any atom is -0.483 e. The Kier molecular flexibility index (Phi) is 4.82. The van der Waals surface area contributed by atoms with Crippen molar-refractivity contribution in [2.24, 2.45) is 0 Å². The van der Waals surface area contributed by atoms with Gasteiger partial charge in [0, 0.05) is 12.2 Å². The number of amides is 1. The third kappa shape index (κ3) is 4.24. The summed E-state index contributed by atoms with van der Waals surface area (Å²) in [6.45, 7) is 4.32. The fourth-order valence-corrected chi connectivity index (χ4v) is 1.96. The second kappa shape index (κ2) is 6.79. The zero-order valence-electron chi connectivity index (χ0n) is 12.3. The highest BCUT2D eigenvalue weighted by Crippen LogP contribution is 2.24. The summed E-state index contributed by atoms with van der Waals surface area (Å²) in [6.07, 6.45) is 0. The Morgan fingerprint density at radius 3 is 2.57 bits per heavy atom. The molecule has 0 aliphatic rings. The highest BCUT2D eigenvalue weighted by Gasteiger charge is 2.07. The summed E-state index contributed by atoms with van der Waals surface area (Å²) >= 11 is 0. The summed E-state index contributed by atoms with van der Waals surface area (Å²) in [5.41, 5.74) is 9.48. The van der Waals surface area contributed by atoms with E-state index in [1.54, 1.807) is 0 Å². The summed E-state index contributed by atoms with van der Waals surface area (Å²) in [6, 6.07) is 13.5. The maximum Gasteiger partial charge on any atom is 0.258 e. The van der Waals surface area contributed by atoms with Gasteiger partial charge in [-0.05, 0) is 42.7 Å². The van der Waals surface area contributed by atoms with Gasteiger partial charge in [0.15, 0.2) is 6.61 Å². The molecular formula is C17H20N2O2. The minimum absolute atomic E-state index is 0.00294. The number of nitrogen functional groups attached to an aromatic ring is 1. The number of nitrogens with two attached hydrogens (primary N) is 1. The number of aryl methyl sites for hydroxylation is 2.